The smallest absolute Gasteiger partial charge is 0.341 e. The average Bonchev–Trinajstić information content (AvgIpc) is 3.01. The van der Waals surface area contributed by atoms with Crippen LogP contribution in [0.25, 0.3) is 0 Å². The third-order valence-corrected chi connectivity index (χ3v) is 3.60. The van der Waals surface area contributed by atoms with Crippen LogP contribution in [0.2, 0.25) is 0 Å². The summed E-state index contributed by atoms with van der Waals surface area (Å²) in [5.74, 6) is 1.90. The van der Waals surface area contributed by atoms with E-state index in [1.54, 1.807) is 13.0 Å². The lowest BCUT2D eigenvalue weighted by molar-refractivity contribution is 0.0599. The van der Waals surface area contributed by atoms with Gasteiger partial charge in [-0.15, -0.1) is 10.2 Å². The number of ether oxygens (including phenoxy) is 1. The standard InChI is InChI=1S/C14H18N2O4S/c1-8-10(11(17)18-5)6-9(19-8)7-21-13-16-15-12(20-13)14(2,3)4/h6H,7H2,1-5H3. The highest BCUT2D eigenvalue weighted by Gasteiger charge is 2.22. The second kappa shape index (κ2) is 5.93. The molecule has 0 spiro atoms. The number of hydrogen-bond acceptors (Lipinski definition) is 7. The summed E-state index contributed by atoms with van der Waals surface area (Å²) < 4.78 is 15.8. The molecule has 7 heteroatoms. The van der Waals surface area contributed by atoms with Crippen molar-refractivity contribution >= 4 is 17.7 Å². The number of thioether (sulfide) groups is 1. The third-order valence-electron chi connectivity index (χ3n) is 2.76. The number of furan rings is 1. The minimum Gasteiger partial charge on any atom is -0.465 e. The molecule has 0 aliphatic carbocycles. The van der Waals surface area contributed by atoms with Gasteiger partial charge in [-0.05, 0) is 13.0 Å². The molecule has 0 unspecified atom stereocenters. The van der Waals surface area contributed by atoms with Crippen LogP contribution < -0.4 is 0 Å². The van der Waals surface area contributed by atoms with Gasteiger partial charge in [-0.1, -0.05) is 32.5 Å². The van der Waals surface area contributed by atoms with Crippen LogP contribution in [0.5, 0.6) is 0 Å². The van der Waals surface area contributed by atoms with Crippen molar-refractivity contribution in [3.8, 4) is 0 Å². The number of aryl methyl sites for hydroxylation is 1. The highest BCUT2D eigenvalue weighted by atomic mass is 32.2. The van der Waals surface area contributed by atoms with Crippen molar-refractivity contribution in [1.29, 1.82) is 0 Å². The Morgan fingerprint density at radius 2 is 2.05 bits per heavy atom. The Hall–Kier alpha value is -1.76. The summed E-state index contributed by atoms with van der Waals surface area (Å²) in [6.45, 7) is 7.75. The number of carbonyl (C=O) groups excluding carboxylic acids is 1. The zero-order valence-corrected chi connectivity index (χ0v) is 13.5. The van der Waals surface area contributed by atoms with Gasteiger partial charge in [0.25, 0.3) is 5.22 Å². The van der Waals surface area contributed by atoms with Gasteiger partial charge in [-0.25, -0.2) is 4.79 Å². The van der Waals surface area contributed by atoms with E-state index in [1.165, 1.54) is 18.9 Å². The summed E-state index contributed by atoms with van der Waals surface area (Å²) in [6.07, 6.45) is 0. The molecule has 6 nitrogen and oxygen atoms in total. The van der Waals surface area contributed by atoms with E-state index in [9.17, 15) is 4.79 Å². The summed E-state index contributed by atoms with van der Waals surface area (Å²) in [5.41, 5.74) is 0.263. The SMILES string of the molecule is COC(=O)c1cc(CSc2nnc(C(C)(C)C)o2)oc1C. The molecular weight excluding hydrogens is 292 g/mol. The van der Waals surface area contributed by atoms with Crippen molar-refractivity contribution in [1.82, 2.24) is 10.2 Å². The van der Waals surface area contributed by atoms with Crippen LogP contribution in [0.3, 0.4) is 0 Å². The van der Waals surface area contributed by atoms with Crippen molar-refractivity contribution < 1.29 is 18.4 Å². The van der Waals surface area contributed by atoms with Gasteiger partial charge in [0.1, 0.15) is 17.1 Å². The first kappa shape index (κ1) is 15.6. The molecule has 114 valence electrons. The first-order valence-electron chi connectivity index (χ1n) is 6.45. The van der Waals surface area contributed by atoms with Crippen LogP contribution in [0.15, 0.2) is 20.1 Å². The first-order chi connectivity index (χ1) is 9.81. The van der Waals surface area contributed by atoms with Crippen molar-refractivity contribution in [2.75, 3.05) is 7.11 Å². The Bertz CT molecular complexity index is 640. The van der Waals surface area contributed by atoms with Crippen molar-refractivity contribution in [2.45, 2.75) is 44.1 Å². The van der Waals surface area contributed by atoms with E-state index in [0.29, 0.717) is 34.0 Å². The molecule has 0 saturated heterocycles. The largest absolute Gasteiger partial charge is 0.465 e. The van der Waals surface area contributed by atoms with Gasteiger partial charge in [0.2, 0.25) is 5.89 Å². The molecule has 2 aromatic rings. The Balaban J connectivity index is 2.03. The molecule has 0 radical (unpaired) electrons. The topological polar surface area (TPSA) is 78.4 Å². The van der Waals surface area contributed by atoms with Crippen LogP contribution in [-0.2, 0) is 15.9 Å². The van der Waals surface area contributed by atoms with Crippen LogP contribution >= 0.6 is 11.8 Å². The quantitative estimate of drug-likeness (QED) is 0.633. The molecule has 2 heterocycles. The molecule has 0 bridgehead atoms. The highest BCUT2D eigenvalue weighted by molar-refractivity contribution is 7.98. The fraction of sp³-hybridized carbons (Fsp3) is 0.500. The molecular formula is C14H18N2O4S. The van der Waals surface area contributed by atoms with E-state index >= 15 is 0 Å². The van der Waals surface area contributed by atoms with Gasteiger partial charge < -0.3 is 13.6 Å². The van der Waals surface area contributed by atoms with E-state index in [-0.39, 0.29) is 5.41 Å². The van der Waals surface area contributed by atoms with Crippen LogP contribution in [0.4, 0.5) is 0 Å². The summed E-state index contributed by atoms with van der Waals surface area (Å²) >= 11 is 1.37. The molecule has 21 heavy (non-hydrogen) atoms. The maximum absolute atomic E-state index is 11.5. The molecule has 0 fully saturated rings. The predicted octanol–water partition coefficient (Wildman–Crippen LogP) is 3.35. The van der Waals surface area contributed by atoms with Gasteiger partial charge in [0.05, 0.1) is 12.9 Å². The minimum absolute atomic E-state index is 0.175. The van der Waals surface area contributed by atoms with E-state index in [2.05, 4.69) is 14.9 Å². The van der Waals surface area contributed by atoms with E-state index < -0.39 is 5.97 Å². The molecule has 0 aromatic carbocycles. The Morgan fingerprint density at radius 3 is 2.62 bits per heavy atom. The third kappa shape index (κ3) is 3.66. The molecule has 2 aromatic heterocycles. The normalized spacial score (nSPS) is 11.7. The monoisotopic (exact) mass is 310 g/mol. The lowest BCUT2D eigenvalue weighted by Gasteiger charge is -2.10. The number of carbonyl (C=O) groups is 1. The maximum Gasteiger partial charge on any atom is 0.341 e. The fourth-order valence-electron chi connectivity index (χ4n) is 1.63. The van der Waals surface area contributed by atoms with Crippen molar-refractivity contribution in [2.24, 2.45) is 0 Å². The highest BCUT2D eigenvalue weighted by Crippen LogP contribution is 2.28. The number of nitrogens with zero attached hydrogens (tertiary/aromatic N) is 2. The Morgan fingerprint density at radius 1 is 1.33 bits per heavy atom. The molecule has 0 saturated carbocycles. The Kier molecular flexibility index (Phi) is 4.41. The van der Waals surface area contributed by atoms with Gasteiger partial charge >= 0.3 is 5.97 Å². The Labute approximate surface area is 127 Å². The molecule has 0 atom stereocenters. The average molecular weight is 310 g/mol. The summed E-state index contributed by atoms with van der Waals surface area (Å²) in [6, 6.07) is 1.68. The van der Waals surface area contributed by atoms with Crippen LogP contribution in [0, 0.1) is 6.92 Å². The zero-order valence-electron chi connectivity index (χ0n) is 12.7. The number of hydrogen-bond donors (Lipinski definition) is 0. The van der Waals surface area contributed by atoms with Crippen molar-refractivity contribution in [3.63, 3.8) is 0 Å². The van der Waals surface area contributed by atoms with Gasteiger partial charge in [0.15, 0.2) is 0 Å². The molecule has 0 N–H and O–H groups in total. The lowest BCUT2D eigenvalue weighted by atomic mass is 9.97. The zero-order chi connectivity index (χ0) is 15.6. The maximum atomic E-state index is 11.5. The molecule has 0 aliphatic rings. The summed E-state index contributed by atoms with van der Waals surface area (Å²) in [7, 11) is 1.34. The predicted molar refractivity (Wildman–Crippen MR) is 77.3 cm³/mol. The second-order valence-corrected chi connectivity index (χ2v) is 6.51. The van der Waals surface area contributed by atoms with E-state index in [4.69, 9.17) is 8.83 Å². The molecule has 2 rings (SSSR count). The number of rotatable bonds is 4. The first-order valence-corrected chi connectivity index (χ1v) is 7.44. The van der Waals surface area contributed by atoms with Gasteiger partial charge in [-0.3, -0.25) is 0 Å². The van der Waals surface area contributed by atoms with E-state index in [1.807, 2.05) is 20.8 Å². The van der Waals surface area contributed by atoms with Gasteiger partial charge in [0, 0.05) is 5.41 Å². The second-order valence-electron chi connectivity index (χ2n) is 5.59. The van der Waals surface area contributed by atoms with Gasteiger partial charge in [-0.2, -0.15) is 0 Å². The van der Waals surface area contributed by atoms with Crippen LogP contribution in [0.1, 0.15) is 48.5 Å². The summed E-state index contributed by atoms with van der Waals surface area (Å²) in [5, 5.41) is 8.49. The molecule has 0 aliphatic heterocycles. The number of methoxy groups -OCH3 is 1. The number of aromatic nitrogens is 2. The lowest BCUT2D eigenvalue weighted by Crippen LogP contribution is -2.11. The van der Waals surface area contributed by atoms with Crippen LogP contribution in [-0.4, -0.2) is 23.3 Å². The van der Waals surface area contributed by atoms with E-state index in [0.717, 1.165) is 0 Å². The number of esters is 1. The minimum atomic E-state index is -0.402. The fourth-order valence-corrected chi connectivity index (χ4v) is 2.28. The molecule has 0 amide bonds. The van der Waals surface area contributed by atoms with Crippen molar-refractivity contribution in [3.05, 3.63) is 29.0 Å². The summed E-state index contributed by atoms with van der Waals surface area (Å²) in [4.78, 5) is 11.5.